The Bertz CT molecular complexity index is 300. The summed E-state index contributed by atoms with van der Waals surface area (Å²) in [6, 6.07) is 1.46. The molecule has 1 heterocycles. The topological polar surface area (TPSA) is 15.3 Å². The van der Waals surface area contributed by atoms with Crippen LogP contribution in [-0.4, -0.2) is 47.1 Å². The summed E-state index contributed by atoms with van der Waals surface area (Å²) in [5, 5.41) is 3.97. The van der Waals surface area contributed by atoms with Crippen molar-refractivity contribution in [3.63, 3.8) is 0 Å². The molecule has 1 spiro atoms. The van der Waals surface area contributed by atoms with Crippen molar-refractivity contribution >= 4 is 11.8 Å². The van der Waals surface area contributed by atoms with Crippen LogP contribution in [0.2, 0.25) is 0 Å². The molecule has 0 radical (unpaired) electrons. The van der Waals surface area contributed by atoms with Crippen molar-refractivity contribution in [1.29, 1.82) is 0 Å². The van der Waals surface area contributed by atoms with E-state index < -0.39 is 0 Å². The fourth-order valence-electron chi connectivity index (χ4n) is 4.19. The molecule has 2 aliphatic rings. The number of nitrogens with zero attached hydrogens (tertiary/aromatic N) is 1. The maximum absolute atomic E-state index is 3.97. The van der Waals surface area contributed by atoms with E-state index in [4.69, 9.17) is 0 Å². The minimum absolute atomic E-state index is 0.440. The fourth-order valence-corrected chi connectivity index (χ4v) is 4.99. The van der Waals surface area contributed by atoms with E-state index in [2.05, 4.69) is 49.7 Å². The molecule has 3 heteroatoms. The molecule has 0 amide bonds. The van der Waals surface area contributed by atoms with E-state index in [1.165, 1.54) is 63.1 Å². The minimum Gasteiger partial charge on any atom is -0.308 e. The summed E-state index contributed by atoms with van der Waals surface area (Å²) >= 11 is 2.09. The van der Waals surface area contributed by atoms with Crippen molar-refractivity contribution in [1.82, 2.24) is 10.2 Å². The van der Waals surface area contributed by atoms with Crippen LogP contribution < -0.4 is 5.32 Å². The summed E-state index contributed by atoms with van der Waals surface area (Å²) in [6.07, 6.45) is 8.42. The summed E-state index contributed by atoms with van der Waals surface area (Å²) in [4.78, 5) is 2.86. The highest BCUT2D eigenvalue weighted by atomic mass is 32.2. The van der Waals surface area contributed by atoms with Gasteiger partial charge in [-0.1, -0.05) is 40.0 Å². The van der Waals surface area contributed by atoms with Crippen LogP contribution in [0.1, 0.15) is 66.2 Å². The molecule has 2 unspecified atom stereocenters. The van der Waals surface area contributed by atoms with Crippen molar-refractivity contribution < 1.29 is 0 Å². The van der Waals surface area contributed by atoms with E-state index in [1.807, 2.05) is 0 Å². The second-order valence-electron chi connectivity index (χ2n) is 7.54. The molecule has 0 aromatic carbocycles. The highest BCUT2D eigenvalue weighted by molar-refractivity contribution is 7.99. The Kier molecular flexibility index (Phi) is 6.89. The molecule has 0 bridgehead atoms. The molecule has 2 nitrogen and oxygen atoms in total. The summed E-state index contributed by atoms with van der Waals surface area (Å²) < 4.78 is 0. The average molecular weight is 313 g/mol. The first kappa shape index (κ1) is 17.6. The van der Waals surface area contributed by atoms with Crippen LogP contribution in [0.4, 0.5) is 0 Å². The smallest absolute Gasteiger partial charge is 0.0309 e. The summed E-state index contributed by atoms with van der Waals surface area (Å²) in [5.74, 6) is 3.32. The summed E-state index contributed by atoms with van der Waals surface area (Å²) in [6.45, 7) is 12.0. The number of hydrogen-bond donors (Lipinski definition) is 1. The van der Waals surface area contributed by atoms with Crippen LogP contribution in [0.15, 0.2) is 0 Å². The largest absolute Gasteiger partial charge is 0.308 e. The van der Waals surface area contributed by atoms with Crippen LogP contribution in [-0.2, 0) is 0 Å². The van der Waals surface area contributed by atoms with Crippen LogP contribution in [0.3, 0.4) is 0 Å². The van der Waals surface area contributed by atoms with Crippen LogP contribution in [0, 0.1) is 5.92 Å². The van der Waals surface area contributed by atoms with Gasteiger partial charge in [-0.3, -0.25) is 4.90 Å². The molecule has 2 atom stereocenters. The summed E-state index contributed by atoms with van der Waals surface area (Å²) in [7, 11) is 0. The molecule has 2 fully saturated rings. The molecule has 1 aliphatic carbocycles. The Balaban J connectivity index is 2.00. The number of piperazine rings is 1. The number of hydrogen-bond acceptors (Lipinski definition) is 3. The molecule has 21 heavy (non-hydrogen) atoms. The zero-order valence-electron chi connectivity index (χ0n) is 14.7. The number of nitrogens with one attached hydrogen (secondary N) is 1. The highest BCUT2D eigenvalue weighted by Gasteiger charge is 2.41. The van der Waals surface area contributed by atoms with Gasteiger partial charge >= 0.3 is 0 Å². The predicted octanol–water partition coefficient (Wildman–Crippen LogP) is 4.15. The highest BCUT2D eigenvalue weighted by Crippen LogP contribution is 2.34. The quantitative estimate of drug-likeness (QED) is 0.742. The van der Waals surface area contributed by atoms with Crippen molar-refractivity contribution in [2.75, 3.05) is 24.6 Å². The van der Waals surface area contributed by atoms with Crippen LogP contribution in [0.25, 0.3) is 0 Å². The molecule has 1 N–H and O–H groups in total. The fraction of sp³-hybridized carbons (Fsp3) is 1.00. The van der Waals surface area contributed by atoms with Crippen molar-refractivity contribution in [3.05, 3.63) is 0 Å². The van der Waals surface area contributed by atoms with E-state index >= 15 is 0 Å². The lowest BCUT2D eigenvalue weighted by molar-refractivity contribution is 0.0102. The second-order valence-corrected chi connectivity index (χ2v) is 8.93. The first-order valence-electron chi connectivity index (χ1n) is 9.16. The Morgan fingerprint density at radius 3 is 2.52 bits per heavy atom. The maximum Gasteiger partial charge on any atom is 0.0309 e. The third kappa shape index (κ3) is 4.62. The number of thioether (sulfide) groups is 1. The lowest BCUT2D eigenvalue weighted by Crippen LogP contribution is -2.67. The lowest BCUT2D eigenvalue weighted by atomic mass is 9.78. The van der Waals surface area contributed by atoms with Gasteiger partial charge in [0.05, 0.1) is 0 Å². The van der Waals surface area contributed by atoms with Crippen LogP contribution in [0.5, 0.6) is 0 Å². The zero-order chi connectivity index (χ0) is 15.3. The second kappa shape index (κ2) is 8.21. The molecule has 0 aromatic rings. The van der Waals surface area contributed by atoms with Gasteiger partial charge in [-0.05, 0) is 43.6 Å². The third-order valence-electron chi connectivity index (χ3n) is 5.63. The molecule has 1 saturated carbocycles. The molecular weight excluding hydrogens is 276 g/mol. The van der Waals surface area contributed by atoms with Crippen molar-refractivity contribution in [3.8, 4) is 0 Å². The van der Waals surface area contributed by atoms with E-state index in [-0.39, 0.29) is 0 Å². The minimum atomic E-state index is 0.440. The van der Waals surface area contributed by atoms with Gasteiger partial charge in [0.1, 0.15) is 0 Å². The van der Waals surface area contributed by atoms with Gasteiger partial charge < -0.3 is 5.32 Å². The van der Waals surface area contributed by atoms with Gasteiger partial charge in [-0.2, -0.15) is 11.8 Å². The van der Waals surface area contributed by atoms with Gasteiger partial charge in [0.25, 0.3) is 0 Å². The predicted molar refractivity (Wildman–Crippen MR) is 96.2 cm³/mol. The van der Waals surface area contributed by atoms with E-state index in [1.54, 1.807) is 0 Å². The molecule has 2 rings (SSSR count). The Labute approximate surface area is 136 Å². The van der Waals surface area contributed by atoms with Gasteiger partial charge in [-0.15, -0.1) is 0 Å². The van der Waals surface area contributed by atoms with Gasteiger partial charge in [0.15, 0.2) is 0 Å². The average Bonchev–Trinajstić information content (AvgIpc) is 2.48. The Morgan fingerprint density at radius 2 is 1.90 bits per heavy atom. The van der Waals surface area contributed by atoms with Gasteiger partial charge in [0, 0.05) is 30.7 Å². The lowest BCUT2D eigenvalue weighted by Gasteiger charge is -2.53. The van der Waals surface area contributed by atoms with Crippen molar-refractivity contribution in [2.24, 2.45) is 5.92 Å². The number of rotatable bonds is 6. The maximum atomic E-state index is 3.97. The summed E-state index contributed by atoms with van der Waals surface area (Å²) in [5.41, 5.74) is 0.440. The molecule has 1 saturated heterocycles. The van der Waals surface area contributed by atoms with E-state index in [0.717, 1.165) is 18.0 Å². The molecular formula is C18H36N2S. The molecule has 0 aromatic heterocycles. The monoisotopic (exact) mass is 312 g/mol. The normalized spacial score (nSPS) is 28.1. The van der Waals surface area contributed by atoms with Crippen molar-refractivity contribution in [2.45, 2.75) is 83.8 Å². The Hall–Kier alpha value is 0.270. The standard InChI is InChI=1S/C18H36N2S/c1-5-21-12-9-16(4)20-14-18(10-7-6-8-11-18)19-13-17(20)15(2)3/h15-17,19H,5-14H2,1-4H3. The third-order valence-corrected chi connectivity index (χ3v) is 6.56. The SMILES string of the molecule is CCSCCC(C)N1CC2(CCCCC2)NCC1C(C)C. The Morgan fingerprint density at radius 1 is 1.19 bits per heavy atom. The van der Waals surface area contributed by atoms with E-state index in [9.17, 15) is 0 Å². The first-order valence-corrected chi connectivity index (χ1v) is 10.3. The first-order chi connectivity index (χ1) is 10.1. The van der Waals surface area contributed by atoms with Gasteiger partial charge in [-0.25, -0.2) is 0 Å². The van der Waals surface area contributed by atoms with E-state index in [0.29, 0.717) is 5.54 Å². The van der Waals surface area contributed by atoms with Gasteiger partial charge in [0.2, 0.25) is 0 Å². The molecule has 124 valence electrons. The molecule has 1 aliphatic heterocycles. The zero-order valence-corrected chi connectivity index (χ0v) is 15.5. The van der Waals surface area contributed by atoms with Crippen LogP contribution >= 0.6 is 11.8 Å².